The van der Waals surface area contributed by atoms with E-state index in [-0.39, 0.29) is 30.1 Å². The average molecular weight is 514 g/mol. The number of cyclic esters (lactones) is 1. The van der Waals surface area contributed by atoms with Crippen LogP contribution in [0, 0.1) is 30.0 Å². The molecule has 1 aromatic carbocycles. The third-order valence-electron chi connectivity index (χ3n) is 7.90. The zero-order valence-electron chi connectivity index (χ0n) is 21.3. The van der Waals surface area contributed by atoms with Crippen LogP contribution in [0.5, 0.6) is 0 Å². The number of benzene rings is 1. The molecule has 36 heavy (non-hydrogen) atoms. The first-order valence-electron chi connectivity index (χ1n) is 12.5. The van der Waals surface area contributed by atoms with Gasteiger partial charge >= 0.3 is 5.97 Å². The Bertz CT molecular complexity index is 1250. The van der Waals surface area contributed by atoms with Crippen molar-refractivity contribution in [2.75, 3.05) is 0 Å². The fourth-order valence-corrected chi connectivity index (χ4v) is 5.92. The Morgan fingerprint density at radius 2 is 2.06 bits per heavy atom. The molecule has 0 spiro atoms. The second-order valence-electron chi connectivity index (χ2n) is 10.7. The molecule has 2 aromatic rings. The Kier molecular flexibility index (Phi) is 7.21. The summed E-state index contributed by atoms with van der Waals surface area (Å²) in [5.41, 5.74) is 0.986. The molecule has 4 rings (SSSR count). The Morgan fingerprint density at radius 1 is 1.36 bits per heavy atom. The van der Waals surface area contributed by atoms with E-state index in [2.05, 4.69) is 11.2 Å². The van der Waals surface area contributed by atoms with Gasteiger partial charge in [-0.2, -0.15) is 10.4 Å². The molecule has 1 unspecified atom stereocenters. The van der Waals surface area contributed by atoms with Crippen LogP contribution >= 0.6 is 11.6 Å². The molecule has 8 heteroatoms. The molecule has 192 valence electrons. The van der Waals surface area contributed by atoms with Crippen molar-refractivity contribution < 1.29 is 19.0 Å². The summed E-state index contributed by atoms with van der Waals surface area (Å²) < 4.78 is 22.6. The third kappa shape index (κ3) is 4.88. The first kappa shape index (κ1) is 26.2. The molecule has 0 radical (unpaired) electrons. The SMILES string of the molecule is Cc1nn(C)c(Cl)c1CC1=C(O)CC(CCc2ccc(C(C)(C)C#N)c(F)c2)(C2CCCC2)OC1=O. The van der Waals surface area contributed by atoms with Gasteiger partial charge in [-0.05, 0) is 64.0 Å². The van der Waals surface area contributed by atoms with Crippen molar-refractivity contribution in [2.45, 2.75) is 83.2 Å². The van der Waals surface area contributed by atoms with Crippen molar-refractivity contribution in [3.63, 3.8) is 0 Å². The van der Waals surface area contributed by atoms with E-state index in [1.165, 1.54) is 6.07 Å². The number of aryl methyl sites for hydroxylation is 3. The summed E-state index contributed by atoms with van der Waals surface area (Å²) in [6.45, 7) is 5.20. The van der Waals surface area contributed by atoms with E-state index in [9.17, 15) is 19.6 Å². The maximum atomic E-state index is 14.8. The molecule has 1 saturated carbocycles. The summed E-state index contributed by atoms with van der Waals surface area (Å²) in [5.74, 6) is -0.768. The van der Waals surface area contributed by atoms with Gasteiger partial charge in [-0.3, -0.25) is 4.68 Å². The zero-order valence-corrected chi connectivity index (χ0v) is 22.1. The molecular formula is C28H33ClFN3O3. The largest absolute Gasteiger partial charge is 0.512 e. The van der Waals surface area contributed by atoms with Crippen LogP contribution in [0.2, 0.25) is 5.15 Å². The van der Waals surface area contributed by atoms with E-state index < -0.39 is 22.8 Å². The van der Waals surface area contributed by atoms with Gasteiger partial charge in [-0.1, -0.05) is 36.6 Å². The Hall–Kier alpha value is -2.85. The van der Waals surface area contributed by atoms with Crippen molar-refractivity contribution in [3.05, 3.63) is 62.9 Å². The highest BCUT2D eigenvalue weighted by molar-refractivity contribution is 6.30. The number of nitriles is 1. The molecule has 2 aliphatic rings. The van der Waals surface area contributed by atoms with Gasteiger partial charge in [-0.15, -0.1) is 0 Å². The third-order valence-corrected chi connectivity index (χ3v) is 8.38. The highest BCUT2D eigenvalue weighted by Crippen LogP contribution is 2.46. The lowest BCUT2D eigenvalue weighted by atomic mass is 9.76. The maximum Gasteiger partial charge on any atom is 0.338 e. The summed E-state index contributed by atoms with van der Waals surface area (Å²) in [5, 5.41) is 25.2. The van der Waals surface area contributed by atoms with Gasteiger partial charge in [0.15, 0.2) is 0 Å². The number of nitrogens with zero attached hydrogens (tertiary/aromatic N) is 3. The highest BCUT2D eigenvalue weighted by atomic mass is 35.5. The van der Waals surface area contributed by atoms with E-state index >= 15 is 0 Å². The molecule has 0 saturated heterocycles. The van der Waals surface area contributed by atoms with Crippen LogP contribution in [0.4, 0.5) is 4.39 Å². The first-order valence-corrected chi connectivity index (χ1v) is 12.9. The number of hydrogen-bond acceptors (Lipinski definition) is 5. The minimum atomic E-state index is -0.922. The molecule has 1 aromatic heterocycles. The second-order valence-corrected chi connectivity index (χ2v) is 11.1. The highest BCUT2D eigenvalue weighted by Gasteiger charge is 2.48. The Morgan fingerprint density at radius 3 is 2.61 bits per heavy atom. The number of rotatable bonds is 7. The summed E-state index contributed by atoms with van der Waals surface area (Å²) in [7, 11) is 1.73. The fraction of sp³-hybridized carbons (Fsp3) is 0.536. The molecule has 0 amide bonds. The van der Waals surface area contributed by atoms with Crippen molar-refractivity contribution in [1.29, 1.82) is 5.26 Å². The predicted octanol–water partition coefficient (Wildman–Crippen LogP) is 6.19. The second kappa shape index (κ2) is 9.89. The molecule has 1 fully saturated rings. The smallest absolute Gasteiger partial charge is 0.338 e. The number of halogens is 2. The van der Waals surface area contributed by atoms with Gasteiger partial charge in [0.1, 0.15) is 22.3 Å². The minimum absolute atomic E-state index is 0.0368. The fourth-order valence-electron chi connectivity index (χ4n) is 5.68. The van der Waals surface area contributed by atoms with E-state index in [1.54, 1.807) is 31.6 Å². The average Bonchev–Trinajstić information content (AvgIpc) is 3.44. The standard InChI is InChI=1S/C28H33ClFN3O3/c1-17-20(25(29)33(4)32-17)14-21-24(34)15-28(36-26(21)35,19-7-5-6-8-19)12-11-18-9-10-22(23(30)13-18)27(2,3)16-31/h9-10,13,19,34H,5-8,11-12,14-15H2,1-4H3. The molecule has 0 bridgehead atoms. The van der Waals surface area contributed by atoms with Gasteiger partial charge < -0.3 is 9.84 Å². The van der Waals surface area contributed by atoms with E-state index in [4.69, 9.17) is 16.3 Å². The number of esters is 1. The van der Waals surface area contributed by atoms with Crippen LogP contribution < -0.4 is 0 Å². The zero-order chi connectivity index (χ0) is 26.3. The first-order chi connectivity index (χ1) is 17.0. The lowest BCUT2D eigenvalue weighted by molar-refractivity contribution is -0.167. The number of aliphatic hydroxyl groups excluding tert-OH is 1. The van der Waals surface area contributed by atoms with Gasteiger partial charge in [0.25, 0.3) is 0 Å². The number of ether oxygens (including phenoxy) is 1. The van der Waals surface area contributed by atoms with Crippen LogP contribution in [-0.4, -0.2) is 26.5 Å². The van der Waals surface area contributed by atoms with E-state index in [0.29, 0.717) is 34.8 Å². The van der Waals surface area contributed by atoms with E-state index in [1.807, 2.05) is 13.0 Å². The number of aromatic nitrogens is 2. The van der Waals surface area contributed by atoms with Gasteiger partial charge in [0.05, 0.1) is 22.8 Å². The maximum absolute atomic E-state index is 14.8. The predicted molar refractivity (Wildman–Crippen MR) is 135 cm³/mol. The summed E-state index contributed by atoms with van der Waals surface area (Å²) >= 11 is 6.36. The number of carbonyl (C=O) groups excluding carboxylic acids is 1. The quantitative estimate of drug-likeness (QED) is 0.446. The molecule has 1 atom stereocenters. The van der Waals surface area contributed by atoms with Crippen LogP contribution in [0.25, 0.3) is 0 Å². The van der Waals surface area contributed by atoms with Crippen LogP contribution in [-0.2, 0) is 34.8 Å². The van der Waals surface area contributed by atoms with Crippen molar-refractivity contribution >= 4 is 17.6 Å². The summed E-state index contributed by atoms with van der Waals surface area (Å²) in [4.78, 5) is 13.3. The van der Waals surface area contributed by atoms with Crippen LogP contribution in [0.3, 0.4) is 0 Å². The van der Waals surface area contributed by atoms with Crippen molar-refractivity contribution in [3.8, 4) is 6.07 Å². The monoisotopic (exact) mass is 513 g/mol. The summed E-state index contributed by atoms with van der Waals surface area (Å²) in [6, 6.07) is 7.11. The lowest BCUT2D eigenvalue weighted by Crippen LogP contribution is -2.46. The Labute approximate surface area is 216 Å². The molecule has 1 aliphatic heterocycles. The number of aliphatic hydroxyl groups is 1. The Balaban J connectivity index is 1.59. The number of hydrogen-bond donors (Lipinski definition) is 1. The molecule has 2 heterocycles. The molecule has 1 aliphatic carbocycles. The van der Waals surface area contributed by atoms with Gasteiger partial charge in [0, 0.05) is 31.0 Å². The van der Waals surface area contributed by atoms with Gasteiger partial charge in [-0.25, -0.2) is 9.18 Å². The van der Waals surface area contributed by atoms with Crippen molar-refractivity contribution in [2.24, 2.45) is 13.0 Å². The lowest BCUT2D eigenvalue weighted by Gasteiger charge is -2.42. The van der Waals surface area contributed by atoms with E-state index in [0.717, 1.165) is 31.2 Å². The van der Waals surface area contributed by atoms with Gasteiger partial charge in [0.2, 0.25) is 0 Å². The molecular weight excluding hydrogens is 481 g/mol. The van der Waals surface area contributed by atoms with Crippen LogP contribution in [0.15, 0.2) is 29.5 Å². The van der Waals surface area contributed by atoms with Crippen molar-refractivity contribution in [1.82, 2.24) is 9.78 Å². The normalized spacial score (nSPS) is 21.1. The number of carbonyl (C=O) groups is 1. The molecule has 6 nitrogen and oxygen atoms in total. The molecule has 1 N–H and O–H groups in total. The summed E-state index contributed by atoms with van der Waals surface area (Å²) in [6.07, 6.45) is 5.32. The topological polar surface area (TPSA) is 88.1 Å². The minimum Gasteiger partial charge on any atom is -0.512 e. The van der Waals surface area contributed by atoms with Crippen LogP contribution in [0.1, 0.15) is 74.8 Å².